The maximum Gasteiger partial charge on any atom is 0.414 e. The number of nitrogens with one attached hydrogen (secondary N) is 3. The van der Waals surface area contributed by atoms with Crippen molar-refractivity contribution in [3.8, 4) is 0 Å². The highest BCUT2D eigenvalue weighted by Gasteiger charge is 2.30. The summed E-state index contributed by atoms with van der Waals surface area (Å²) in [6.45, 7) is 5.61. The minimum atomic E-state index is -1.00. The molecule has 2 aromatic carbocycles. The zero-order chi connectivity index (χ0) is 35.3. The van der Waals surface area contributed by atoms with Crippen LogP contribution < -0.4 is 16.0 Å². The third-order valence-electron chi connectivity index (χ3n) is 6.51. The van der Waals surface area contributed by atoms with E-state index in [0.717, 1.165) is 0 Å². The van der Waals surface area contributed by atoms with Gasteiger partial charge in [-0.25, -0.2) is 14.4 Å². The van der Waals surface area contributed by atoms with Crippen LogP contribution in [-0.4, -0.2) is 76.2 Å². The molecule has 1 aliphatic heterocycles. The number of hydrogen-bond acceptors (Lipinski definition) is 12. The van der Waals surface area contributed by atoms with Crippen molar-refractivity contribution in [2.75, 3.05) is 19.6 Å². The Labute approximate surface area is 275 Å². The second-order valence-electron chi connectivity index (χ2n) is 11.6. The number of benzene rings is 2. The molecule has 0 aromatic heterocycles. The van der Waals surface area contributed by atoms with Gasteiger partial charge in [0.1, 0.15) is 18.8 Å². The molecule has 18 nitrogen and oxygen atoms in total. The molecule has 3 N–H and O–H groups in total. The number of amides is 4. The summed E-state index contributed by atoms with van der Waals surface area (Å²) in [6, 6.07) is 10.5. The van der Waals surface area contributed by atoms with E-state index in [1.165, 1.54) is 53.4 Å². The first-order valence-electron chi connectivity index (χ1n) is 14.8. The number of nitro groups is 2. The molecular formula is C30H37N7O11. The van der Waals surface area contributed by atoms with E-state index in [1.54, 1.807) is 20.8 Å². The molecule has 1 aliphatic rings. The van der Waals surface area contributed by atoms with Crippen molar-refractivity contribution in [3.63, 3.8) is 0 Å². The second-order valence-corrected chi connectivity index (χ2v) is 11.6. The Bertz CT molecular complexity index is 1430. The molecule has 258 valence electrons. The zero-order valence-corrected chi connectivity index (χ0v) is 26.6. The van der Waals surface area contributed by atoms with Gasteiger partial charge < -0.3 is 24.4 Å². The minimum Gasteiger partial charge on any atom is -0.444 e. The molecule has 0 spiro atoms. The first-order chi connectivity index (χ1) is 22.7. The van der Waals surface area contributed by atoms with Crippen LogP contribution in [0.1, 0.15) is 51.2 Å². The van der Waals surface area contributed by atoms with Gasteiger partial charge in [0.2, 0.25) is 11.9 Å². The molecule has 0 radical (unpaired) electrons. The van der Waals surface area contributed by atoms with E-state index in [-0.39, 0.29) is 61.9 Å². The van der Waals surface area contributed by atoms with Gasteiger partial charge in [0.05, 0.1) is 9.85 Å². The number of aliphatic imine (C=N–C) groups is 1. The molecule has 48 heavy (non-hydrogen) atoms. The molecule has 1 heterocycles. The van der Waals surface area contributed by atoms with Crippen LogP contribution in [0.25, 0.3) is 0 Å². The number of nitrogens with zero attached hydrogens (tertiary/aromatic N) is 4. The maximum atomic E-state index is 12.5. The third kappa shape index (κ3) is 12.9. The van der Waals surface area contributed by atoms with Crippen molar-refractivity contribution < 1.29 is 43.2 Å². The van der Waals surface area contributed by atoms with Crippen molar-refractivity contribution >= 4 is 41.5 Å². The van der Waals surface area contributed by atoms with Crippen LogP contribution in [0.2, 0.25) is 0 Å². The molecule has 0 aliphatic carbocycles. The summed E-state index contributed by atoms with van der Waals surface area (Å²) < 4.78 is 15.6. The first-order valence-corrected chi connectivity index (χ1v) is 14.8. The highest BCUT2D eigenvalue weighted by molar-refractivity contribution is 6.01. The lowest BCUT2D eigenvalue weighted by molar-refractivity contribution is -0.385. The number of non-ortho nitro benzene ring substituents is 2. The highest BCUT2D eigenvalue weighted by atomic mass is 16.6. The summed E-state index contributed by atoms with van der Waals surface area (Å²) in [6.07, 6.45) is -1.58. The smallest absolute Gasteiger partial charge is 0.414 e. The SMILES string of the molecule is CC(C)(C)OC(=O)N1CC[C@H](NC(=O)CCCN=C(NC(=O)OCc2ccc([N+](=O)[O-])cc2)NC(=O)OCc2ccc([N+](=O)[O-])cc2)C1. The number of ether oxygens (including phenoxy) is 3. The Morgan fingerprint density at radius 3 is 1.83 bits per heavy atom. The molecule has 1 atom stereocenters. The lowest BCUT2D eigenvalue weighted by Gasteiger charge is -2.24. The van der Waals surface area contributed by atoms with Crippen molar-refractivity contribution in [2.24, 2.45) is 4.99 Å². The molecule has 2 aromatic rings. The molecule has 1 fully saturated rings. The quantitative estimate of drug-likeness (QED) is 0.0773. The molecule has 1 saturated heterocycles. The van der Waals surface area contributed by atoms with Gasteiger partial charge in [0.25, 0.3) is 11.4 Å². The van der Waals surface area contributed by atoms with Gasteiger partial charge in [-0.3, -0.25) is 40.6 Å². The molecule has 0 bridgehead atoms. The average Bonchev–Trinajstić information content (AvgIpc) is 3.49. The number of likely N-dealkylation sites (tertiary alicyclic amines) is 1. The van der Waals surface area contributed by atoms with Crippen LogP contribution in [0.5, 0.6) is 0 Å². The topological polar surface area (TPSA) is 234 Å². The Balaban J connectivity index is 1.52. The molecular weight excluding hydrogens is 634 g/mol. The number of nitro benzene ring substituents is 2. The minimum absolute atomic E-state index is 0.00270. The summed E-state index contributed by atoms with van der Waals surface area (Å²) >= 11 is 0. The molecule has 18 heteroatoms. The van der Waals surface area contributed by atoms with Crippen molar-refractivity contribution in [1.82, 2.24) is 20.9 Å². The lowest BCUT2D eigenvalue weighted by atomic mass is 10.2. The van der Waals surface area contributed by atoms with E-state index in [0.29, 0.717) is 30.6 Å². The summed E-state index contributed by atoms with van der Waals surface area (Å²) in [7, 11) is 0. The predicted molar refractivity (Wildman–Crippen MR) is 169 cm³/mol. The highest BCUT2D eigenvalue weighted by Crippen LogP contribution is 2.16. The first kappa shape index (κ1) is 36.7. The van der Waals surface area contributed by atoms with Gasteiger partial charge in [-0.15, -0.1) is 0 Å². The zero-order valence-electron chi connectivity index (χ0n) is 26.6. The number of rotatable bonds is 11. The molecule has 0 unspecified atom stereocenters. The molecule has 0 saturated carbocycles. The van der Waals surface area contributed by atoms with Crippen molar-refractivity contribution in [1.29, 1.82) is 0 Å². The number of carbonyl (C=O) groups excluding carboxylic acids is 4. The predicted octanol–water partition coefficient (Wildman–Crippen LogP) is 3.92. The van der Waals surface area contributed by atoms with E-state index >= 15 is 0 Å². The summed E-state index contributed by atoms with van der Waals surface area (Å²) in [4.78, 5) is 75.9. The summed E-state index contributed by atoms with van der Waals surface area (Å²) in [5.74, 6) is -0.602. The molecule has 3 rings (SSSR count). The normalized spacial score (nSPS) is 13.9. The number of carbonyl (C=O) groups is 4. The van der Waals surface area contributed by atoms with E-state index in [4.69, 9.17) is 14.2 Å². The Kier molecular flexibility index (Phi) is 13.1. The van der Waals surface area contributed by atoms with Crippen LogP contribution in [0.3, 0.4) is 0 Å². The van der Waals surface area contributed by atoms with Crippen LogP contribution in [0.4, 0.5) is 25.8 Å². The van der Waals surface area contributed by atoms with Gasteiger partial charge in [-0.1, -0.05) is 0 Å². The van der Waals surface area contributed by atoms with Crippen molar-refractivity contribution in [3.05, 3.63) is 79.9 Å². The standard InChI is InChI=1S/C30H37N7O11/c1-30(2,3)48-29(41)35-16-14-22(17-35)32-25(38)5-4-15-31-26(33-27(39)46-18-20-6-10-23(11-7-20)36(42)43)34-28(40)47-19-21-8-12-24(13-9-21)37(44)45/h6-13,22H,4-5,14-19H2,1-3H3,(H,32,38)(H2,31,33,34,39,40)/t22-/m0/s1. The number of hydrogen-bond donors (Lipinski definition) is 3. The molecule has 4 amide bonds. The Hall–Kier alpha value is -5.81. The van der Waals surface area contributed by atoms with Crippen LogP contribution in [0, 0.1) is 20.2 Å². The van der Waals surface area contributed by atoms with Crippen LogP contribution in [0.15, 0.2) is 53.5 Å². The maximum absolute atomic E-state index is 12.5. The van der Waals surface area contributed by atoms with E-state index in [1.807, 2.05) is 0 Å². The van der Waals surface area contributed by atoms with Gasteiger partial charge in [0, 0.05) is 56.4 Å². The summed E-state index contributed by atoms with van der Waals surface area (Å²) in [5.41, 5.74) is 0.0388. The lowest BCUT2D eigenvalue weighted by Crippen LogP contribution is -2.44. The third-order valence-corrected chi connectivity index (χ3v) is 6.51. The fourth-order valence-corrected chi connectivity index (χ4v) is 4.20. The summed E-state index contributed by atoms with van der Waals surface area (Å²) in [5, 5.41) is 29.1. The fourth-order valence-electron chi connectivity index (χ4n) is 4.20. The number of guanidine groups is 1. The van der Waals surface area contributed by atoms with Gasteiger partial charge in [-0.2, -0.15) is 0 Å². The van der Waals surface area contributed by atoms with Gasteiger partial charge >= 0.3 is 18.3 Å². The van der Waals surface area contributed by atoms with E-state index < -0.39 is 33.7 Å². The van der Waals surface area contributed by atoms with Crippen LogP contribution >= 0.6 is 0 Å². The number of alkyl carbamates (subject to hydrolysis) is 2. The van der Waals surface area contributed by atoms with E-state index in [2.05, 4.69) is 20.9 Å². The second kappa shape index (κ2) is 17.2. The largest absolute Gasteiger partial charge is 0.444 e. The van der Waals surface area contributed by atoms with Crippen molar-refractivity contribution in [2.45, 2.75) is 64.9 Å². The van der Waals surface area contributed by atoms with E-state index in [9.17, 15) is 39.4 Å². The Morgan fingerprint density at radius 2 is 1.38 bits per heavy atom. The monoisotopic (exact) mass is 671 g/mol. The van der Waals surface area contributed by atoms with Crippen LogP contribution in [-0.2, 0) is 32.2 Å². The fraction of sp³-hybridized carbons (Fsp3) is 0.433. The Morgan fingerprint density at radius 1 is 0.875 bits per heavy atom. The average molecular weight is 672 g/mol. The van der Waals surface area contributed by atoms with Gasteiger partial charge in [0.15, 0.2) is 0 Å². The van der Waals surface area contributed by atoms with Gasteiger partial charge in [-0.05, 0) is 69.0 Å².